The van der Waals surface area contributed by atoms with Crippen LogP contribution < -0.4 is 11.1 Å². The second-order valence-electron chi connectivity index (χ2n) is 7.23. The lowest BCUT2D eigenvalue weighted by atomic mass is 9.86. The van der Waals surface area contributed by atoms with Gasteiger partial charge in [-0.05, 0) is 36.6 Å². The first-order valence-corrected chi connectivity index (χ1v) is 9.55. The molecule has 160 valence electrons. The van der Waals surface area contributed by atoms with Crippen molar-refractivity contribution in [2.24, 2.45) is 5.73 Å². The highest BCUT2D eigenvalue weighted by atomic mass is 35.5. The van der Waals surface area contributed by atoms with Crippen molar-refractivity contribution in [3.63, 3.8) is 0 Å². The number of halogens is 4. The van der Waals surface area contributed by atoms with Crippen LogP contribution in [0, 0.1) is 0 Å². The molecule has 0 radical (unpaired) electrons. The lowest BCUT2D eigenvalue weighted by molar-refractivity contribution is -0.137. The molecule has 0 saturated heterocycles. The van der Waals surface area contributed by atoms with Crippen molar-refractivity contribution in [1.29, 1.82) is 0 Å². The maximum absolute atomic E-state index is 13.1. The van der Waals surface area contributed by atoms with Crippen LogP contribution in [0.1, 0.15) is 63.7 Å². The number of alkyl halides is 3. The number of carbonyl (C=O) groups excluding carboxylic acids is 2. The van der Waals surface area contributed by atoms with Gasteiger partial charge in [-0.2, -0.15) is 13.2 Å². The highest BCUT2D eigenvalue weighted by Crippen LogP contribution is 2.41. The molecule has 10 heteroatoms. The largest absolute Gasteiger partial charge is 0.417 e. The van der Waals surface area contributed by atoms with Gasteiger partial charge in [0.15, 0.2) is 0 Å². The van der Waals surface area contributed by atoms with E-state index in [-0.39, 0.29) is 5.56 Å². The number of aliphatic hydroxyl groups is 1. The number of benzene rings is 1. The van der Waals surface area contributed by atoms with Crippen molar-refractivity contribution in [2.75, 3.05) is 0 Å². The lowest BCUT2D eigenvalue weighted by Gasteiger charge is -2.34. The van der Waals surface area contributed by atoms with Crippen molar-refractivity contribution in [1.82, 2.24) is 10.3 Å². The second-order valence-corrected chi connectivity index (χ2v) is 7.60. The minimum atomic E-state index is -4.76. The summed E-state index contributed by atoms with van der Waals surface area (Å²) in [7, 11) is 0. The molecule has 1 aromatic carbocycles. The fourth-order valence-electron chi connectivity index (χ4n) is 3.70. The standard InChI is InChI=1S/C20H19ClF3N3O3/c21-14-13(20(22,23)24)6-9-26-15(14)18(29)27-16(19(30)7-1-2-8-19)11-4-3-5-12(10-11)17(25)28/h3-6,9-10,16,30H,1-2,7-8H2,(H2,25,28)(H,27,29). The molecule has 30 heavy (non-hydrogen) atoms. The van der Waals surface area contributed by atoms with E-state index in [9.17, 15) is 27.9 Å². The zero-order valence-corrected chi connectivity index (χ0v) is 16.4. The van der Waals surface area contributed by atoms with Crippen molar-refractivity contribution >= 4 is 23.4 Å². The Bertz CT molecular complexity index is 975. The Kier molecular flexibility index (Phi) is 6.05. The van der Waals surface area contributed by atoms with Gasteiger partial charge in [-0.3, -0.25) is 9.59 Å². The summed E-state index contributed by atoms with van der Waals surface area (Å²) in [5.74, 6) is -1.66. The zero-order chi connectivity index (χ0) is 22.1. The van der Waals surface area contributed by atoms with Crippen LogP contribution in [-0.2, 0) is 6.18 Å². The first-order valence-electron chi connectivity index (χ1n) is 9.17. The summed E-state index contributed by atoms with van der Waals surface area (Å²) in [5.41, 5.74) is 2.74. The van der Waals surface area contributed by atoms with Crippen LogP contribution in [-0.4, -0.2) is 27.5 Å². The van der Waals surface area contributed by atoms with Crippen molar-refractivity contribution in [2.45, 2.75) is 43.5 Å². The maximum atomic E-state index is 13.1. The molecule has 6 nitrogen and oxygen atoms in total. The van der Waals surface area contributed by atoms with Gasteiger partial charge >= 0.3 is 6.18 Å². The predicted molar refractivity (Wildman–Crippen MR) is 103 cm³/mol. The number of primary amides is 1. The Hall–Kier alpha value is -2.65. The zero-order valence-electron chi connectivity index (χ0n) is 15.7. The van der Waals surface area contributed by atoms with Gasteiger partial charge in [0, 0.05) is 11.8 Å². The van der Waals surface area contributed by atoms with E-state index < -0.39 is 45.9 Å². The quantitative estimate of drug-likeness (QED) is 0.658. The van der Waals surface area contributed by atoms with E-state index in [1.807, 2.05) is 0 Å². The van der Waals surface area contributed by atoms with Crippen LogP contribution in [0.5, 0.6) is 0 Å². The number of pyridine rings is 1. The molecule has 0 aliphatic heterocycles. The number of hydrogen-bond acceptors (Lipinski definition) is 4. The Balaban J connectivity index is 2.00. The number of nitrogens with zero attached hydrogens (tertiary/aromatic N) is 1. The van der Waals surface area contributed by atoms with Crippen LogP contribution in [0.25, 0.3) is 0 Å². The number of rotatable bonds is 5. The van der Waals surface area contributed by atoms with Gasteiger partial charge < -0.3 is 16.2 Å². The second kappa shape index (κ2) is 8.23. The van der Waals surface area contributed by atoms with Crippen LogP contribution >= 0.6 is 11.6 Å². The lowest BCUT2D eigenvalue weighted by Crippen LogP contribution is -2.44. The molecule has 1 aromatic heterocycles. The summed E-state index contributed by atoms with van der Waals surface area (Å²) in [4.78, 5) is 28.0. The van der Waals surface area contributed by atoms with Gasteiger partial charge in [0.2, 0.25) is 5.91 Å². The van der Waals surface area contributed by atoms with Gasteiger partial charge in [-0.25, -0.2) is 4.98 Å². The summed E-state index contributed by atoms with van der Waals surface area (Å²) in [6, 6.07) is 5.73. The average molecular weight is 442 g/mol. The number of aromatic nitrogens is 1. The minimum absolute atomic E-state index is 0.170. The third kappa shape index (κ3) is 4.41. The number of carbonyl (C=O) groups is 2. The highest BCUT2D eigenvalue weighted by Gasteiger charge is 2.42. The fraction of sp³-hybridized carbons (Fsp3) is 0.350. The van der Waals surface area contributed by atoms with E-state index >= 15 is 0 Å². The number of nitrogens with one attached hydrogen (secondary N) is 1. The van der Waals surface area contributed by atoms with Gasteiger partial charge in [0.25, 0.3) is 5.91 Å². The SMILES string of the molecule is NC(=O)c1cccc(C(NC(=O)c2nccc(C(F)(F)F)c2Cl)C2(O)CCCC2)c1. The topological polar surface area (TPSA) is 105 Å². The number of hydrogen-bond donors (Lipinski definition) is 3. The molecule has 3 rings (SSSR count). The molecule has 0 bridgehead atoms. The molecule has 1 saturated carbocycles. The monoisotopic (exact) mass is 441 g/mol. The summed E-state index contributed by atoms with van der Waals surface area (Å²) in [5, 5.41) is 12.9. The van der Waals surface area contributed by atoms with E-state index in [1.165, 1.54) is 12.1 Å². The molecule has 1 heterocycles. The first kappa shape index (κ1) is 22.0. The molecule has 1 unspecified atom stereocenters. The average Bonchev–Trinajstić information content (AvgIpc) is 3.12. The predicted octanol–water partition coefficient (Wildman–Crippen LogP) is 3.63. The molecule has 2 aromatic rings. The van der Waals surface area contributed by atoms with Crippen LogP contribution in [0.2, 0.25) is 5.02 Å². The molecular weight excluding hydrogens is 423 g/mol. The van der Waals surface area contributed by atoms with E-state index in [0.29, 0.717) is 37.3 Å². The van der Waals surface area contributed by atoms with Gasteiger partial charge in [0.05, 0.1) is 22.2 Å². The molecule has 2 amide bonds. The van der Waals surface area contributed by atoms with Gasteiger partial charge in [-0.1, -0.05) is 36.6 Å². The van der Waals surface area contributed by atoms with Crippen molar-refractivity contribution < 1.29 is 27.9 Å². The fourth-order valence-corrected chi connectivity index (χ4v) is 4.00. The molecule has 4 N–H and O–H groups in total. The highest BCUT2D eigenvalue weighted by molar-refractivity contribution is 6.34. The molecule has 1 fully saturated rings. The first-order chi connectivity index (χ1) is 14.0. The molecular formula is C20H19ClF3N3O3. The smallest absolute Gasteiger partial charge is 0.387 e. The molecule has 0 spiro atoms. The third-order valence-corrected chi connectivity index (χ3v) is 5.58. The van der Waals surface area contributed by atoms with Crippen LogP contribution in [0.15, 0.2) is 36.5 Å². The van der Waals surface area contributed by atoms with Crippen molar-refractivity contribution in [3.8, 4) is 0 Å². The van der Waals surface area contributed by atoms with Crippen molar-refractivity contribution in [3.05, 3.63) is 63.9 Å². The Morgan fingerprint density at radius 2 is 1.90 bits per heavy atom. The number of nitrogens with two attached hydrogens (primary N) is 1. The Morgan fingerprint density at radius 3 is 2.50 bits per heavy atom. The Labute approximate surface area is 175 Å². The van der Waals surface area contributed by atoms with E-state index in [2.05, 4.69) is 10.3 Å². The summed E-state index contributed by atoms with van der Waals surface area (Å²) in [6.45, 7) is 0. The molecule has 1 aliphatic rings. The van der Waals surface area contributed by atoms with E-state index in [0.717, 1.165) is 6.20 Å². The van der Waals surface area contributed by atoms with Gasteiger partial charge in [0.1, 0.15) is 5.69 Å². The van der Waals surface area contributed by atoms with Crippen LogP contribution in [0.4, 0.5) is 13.2 Å². The molecule has 1 aliphatic carbocycles. The third-order valence-electron chi connectivity index (χ3n) is 5.20. The summed E-state index contributed by atoms with van der Waals surface area (Å²) >= 11 is 5.81. The number of amides is 2. The summed E-state index contributed by atoms with van der Waals surface area (Å²) in [6.07, 6.45) is -1.77. The summed E-state index contributed by atoms with van der Waals surface area (Å²) < 4.78 is 39.4. The minimum Gasteiger partial charge on any atom is -0.387 e. The van der Waals surface area contributed by atoms with E-state index in [1.54, 1.807) is 12.1 Å². The normalized spacial score (nSPS) is 16.8. The van der Waals surface area contributed by atoms with E-state index in [4.69, 9.17) is 17.3 Å². The molecule has 1 atom stereocenters. The van der Waals surface area contributed by atoms with Crippen LogP contribution in [0.3, 0.4) is 0 Å². The Morgan fingerprint density at radius 1 is 1.23 bits per heavy atom. The maximum Gasteiger partial charge on any atom is 0.417 e. The van der Waals surface area contributed by atoms with Gasteiger partial charge in [-0.15, -0.1) is 0 Å².